The Morgan fingerprint density at radius 2 is 2.19 bits per heavy atom. The lowest BCUT2D eigenvalue weighted by atomic mass is 10.2. The Balaban J connectivity index is 2.93. The van der Waals surface area contributed by atoms with Gasteiger partial charge in [0.05, 0.1) is 11.9 Å². The van der Waals surface area contributed by atoms with Crippen molar-refractivity contribution in [3.8, 4) is 0 Å². The molecular weight excluding hydrogens is 202 g/mol. The second-order valence-corrected chi connectivity index (χ2v) is 4.06. The minimum Gasteiger partial charge on any atom is -0.397 e. The molecule has 4 heteroatoms. The molecule has 4 nitrogen and oxygen atoms in total. The molecule has 0 aliphatic carbocycles. The summed E-state index contributed by atoms with van der Waals surface area (Å²) in [5.41, 5.74) is 6.18. The van der Waals surface area contributed by atoms with E-state index in [2.05, 4.69) is 4.98 Å². The molecule has 0 bridgehead atoms. The number of carbonyl (C=O) groups is 1. The summed E-state index contributed by atoms with van der Waals surface area (Å²) in [6.07, 6.45) is 2.96. The molecule has 0 aliphatic heterocycles. The Labute approximate surface area is 96.5 Å². The lowest BCUT2D eigenvalue weighted by Gasteiger charge is -2.25. The van der Waals surface area contributed by atoms with Gasteiger partial charge < -0.3 is 5.73 Å². The van der Waals surface area contributed by atoms with Crippen molar-refractivity contribution in [1.82, 2.24) is 4.98 Å². The zero-order chi connectivity index (χ0) is 12.1. The third kappa shape index (κ3) is 2.95. The van der Waals surface area contributed by atoms with Crippen molar-refractivity contribution < 1.29 is 4.79 Å². The van der Waals surface area contributed by atoms with E-state index in [1.807, 2.05) is 20.8 Å². The zero-order valence-electron chi connectivity index (χ0n) is 10.1. The van der Waals surface area contributed by atoms with E-state index in [0.29, 0.717) is 17.9 Å². The average molecular weight is 221 g/mol. The number of aromatic nitrogens is 1. The number of amides is 1. The van der Waals surface area contributed by atoms with E-state index < -0.39 is 0 Å². The summed E-state index contributed by atoms with van der Waals surface area (Å²) < 4.78 is 0. The highest BCUT2D eigenvalue weighted by atomic mass is 16.2. The number of anilines is 2. The van der Waals surface area contributed by atoms with Gasteiger partial charge in [-0.05, 0) is 32.4 Å². The van der Waals surface area contributed by atoms with E-state index in [0.717, 1.165) is 6.42 Å². The quantitative estimate of drug-likeness (QED) is 0.848. The van der Waals surface area contributed by atoms with Gasteiger partial charge in [-0.15, -0.1) is 0 Å². The van der Waals surface area contributed by atoms with E-state index >= 15 is 0 Å². The number of carbonyl (C=O) groups excluding carboxylic acids is 1. The van der Waals surface area contributed by atoms with Crippen LogP contribution in [0.25, 0.3) is 0 Å². The first-order chi connectivity index (χ1) is 7.56. The average Bonchev–Trinajstić information content (AvgIpc) is 2.21. The Kier molecular flexibility index (Phi) is 4.28. The third-order valence-electron chi connectivity index (χ3n) is 2.27. The van der Waals surface area contributed by atoms with Crippen LogP contribution in [0.1, 0.15) is 33.6 Å². The zero-order valence-corrected chi connectivity index (χ0v) is 10.1. The predicted molar refractivity (Wildman–Crippen MR) is 66.2 cm³/mol. The molecule has 0 spiro atoms. The SMILES string of the molecule is CCCC(=O)N(c1ccc(N)cn1)C(C)C. The lowest BCUT2D eigenvalue weighted by Crippen LogP contribution is -2.37. The maximum Gasteiger partial charge on any atom is 0.228 e. The summed E-state index contributed by atoms with van der Waals surface area (Å²) in [4.78, 5) is 17.8. The molecule has 1 heterocycles. The molecule has 0 fully saturated rings. The van der Waals surface area contributed by atoms with Gasteiger partial charge in [0.2, 0.25) is 5.91 Å². The van der Waals surface area contributed by atoms with Gasteiger partial charge in [-0.3, -0.25) is 9.69 Å². The topological polar surface area (TPSA) is 59.2 Å². The fraction of sp³-hybridized carbons (Fsp3) is 0.500. The monoisotopic (exact) mass is 221 g/mol. The Hall–Kier alpha value is -1.58. The molecule has 0 saturated heterocycles. The summed E-state index contributed by atoms with van der Waals surface area (Å²) in [5.74, 6) is 0.775. The second kappa shape index (κ2) is 5.49. The molecule has 1 aromatic heterocycles. The van der Waals surface area contributed by atoms with Gasteiger partial charge >= 0.3 is 0 Å². The van der Waals surface area contributed by atoms with Gasteiger partial charge in [-0.1, -0.05) is 6.92 Å². The van der Waals surface area contributed by atoms with Crippen molar-refractivity contribution in [3.63, 3.8) is 0 Å². The van der Waals surface area contributed by atoms with E-state index in [9.17, 15) is 4.79 Å². The first-order valence-electron chi connectivity index (χ1n) is 5.59. The maximum absolute atomic E-state index is 11.9. The normalized spacial score (nSPS) is 10.5. The second-order valence-electron chi connectivity index (χ2n) is 4.06. The molecule has 0 aromatic carbocycles. The van der Waals surface area contributed by atoms with Crippen LogP contribution < -0.4 is 10.6 Å². The predicted octanol–water partition coefficient (Wildman–Crippen LogP) is 2.21. The van der Waals surface area contributed by atoms with Crippen LogP contribution in [-0.4, -0.2) is 16.9 Å². The smallest absolute Gasteiger partial charge is 0.228 e. The highest BCUT2D eigenvalue weighted by Crippen LogP contribution is 2.16. The van der Waals surface area contributed by atoms with Crippen molar-refractivity contribution in [1.29, 1.82) is 0 Å². The standard InChI is InChI=1S/C12H19N3O/c1-4-5-12(16)15(9(2)3)11-7-6-10(13)8-14-11/h6-9H,4-5,13H2,1-3H3. The number of nitrogen functional groups attached to an aromatic ring is 1. The Bertz CT molecular complexity index is 346. The number of rotatable bonds is 4. The maximum atomic E-state index is 11.9. The van der Waals surface area contributed by atoms with Crippen molar-refractivity contribution in [2.24, 2.45) is 0 Å². The molecule has 0 atom stereocenters. The van der Waals surface area contributed by atoms with Crippen molar-refractivity contribution in [2.75, 3.05) is 10.6 Å². The molecule has 16 heavy (non-hydrogen) atoms. The van der Waals surface area contributed by atoms with Crippen LogP contribution in [0.3, 0.4) is 0 Å². The van der Waals surface area contributed by atoms with E-state index in [-0.39, 0.29) is 11.9 Å². The van der Waals surface area contributed by atoms with Gasteiger partial charge in [0, 0.05) is 12.5 Å². The first kappa shape index (κ1) is 12.5. The number of hydrogen-bond acceptors (Lipinski definition) is 3. The largest absolute Gasteiger partial charge is 0.397 e. The Morgan fingerprint density at radius 1 is 1.50 bits per heavy atom. The summed E-state index contributed by atoms with van der Waals surface area (Å²) in [7, 11) is 0. The molecular formula is C12H19N3O. The van der Waals surface area contributed by atoms with Gasteiger partial charge in [0.1, 0.15) is 5.82 Å². The number of hydrogen-bond donors (Lipinski definition) is 1. The fourth-order valence-corrected chi connectivity index (χ4v) is 1.55. The summed E-state index contributed by atoms with van der Waals surface area (Å²) in [6.45, 7) is 5.95. The van der Waals surface area contributed by atoms with Crippen LogP contribution in [0, 0.1) is 0 Å². The molecule has 1 amide bonds. The van der Waals surface area contributed by atoms with Crippen LogP contribution in [0.5, 0.6) is 0 Å². The van der Waals surface area contributed by atoms with E-state index in [1.165, 1.54) is 0 Å². The molecule has 1 rings (SSSR count). The van der Waals surface area contributed by atoms with Crippen LogP contribution in [-0.2, 0) is 4.79 Å². The minimum absolute atomic E-state index is 0.106. The number of nitrogens with zero attached hydrogens (tertiary/aromatic N) is 2. The highest BCUT2D eigenvalue weighted by molar-refractivity contribution is 5.92. The van der Waals surface area contributed by atoms with Gasteiger partial charge in [0.25, 0.3) is 0 Å². The van der Waals surface area contributed by atoms with Gasteiger partial charge in [-0.2, -0.15) is 0 Å². The highest BCUT2D eigenvalue weighted by Gasteiger charge is 2.18. The number of pyridine rings is 1. The first-order valence-corrected chi connectivity index (χ1v) is 5.59. The molecule has 0 unspecified atom stereocenters. The van der Waals surface area contributed by atoms with Gasteiger partial charge in [0.15, 0.2) is 0 Å². The van der Waals surface area contributed by atoms with Crippen molar-refractivity contribution >= 4 is 17.4 Å². The molecule has 0 radical (unpaired) electrons. The molecule has 2 N–H and O–H groups in total. The molecule has 1 aromatic rings. The van der Waals surface area contributed by atoms with E-state index in [4.69, 9.17) is 5.73 Å². The minimum atomic E-state index is 0.106. The summed E-state index contributed by atoms with van der Waals surface area (Å²) in [5, 5.41) is 0. The van der Waals surface area contributed by atoms with E-state index in [1.54, 1.807) is 23.2 Å². The number of nitrogens with two attached hydrogens (primary N) is 1. The molecule has 0 saturated carbocycles. The lowest BCUT2D eigenvalue weighted by molar-refractivity contribution is -0.119. The third-order valence-corrected chi connectivity index (χ3v) is 2.27. The van der Waals surface area contributed by atoms with Crippen molar-refractivity contribution in [2.45, 2.75) is 39.7 Å². The van der Waals surface area contributed by atoms with Crippen LogP contribution >= 0.6 is 0 Å². The van der Waals surface area contributed by atoms with Crippen LogP contribution in [0.2, 0.25) is 0 Å². The van der Waals surface area contributed by atoms with Crippen LogP contribution in [0.4, 0.5) is 11.5 Å². The van der Waals surface area contributed by atoms with Crippen LogP contribution in [0.15, 0.2) is 18.3 Å². The van der Waals surface area contributed by atoms with Gasteiger partial charge in [-0.25, -0.2) is 4.98 Å². The molecule has 88 valence electrons. The summed E-state index contributed by atoms with van der Waals surface area (Å²) in [6, 6.07) is 3.65. The summed E-state index contributed by atoms with van der Waals surface area (Å²) >= 11 is 0. The molecule has 0 aliphatic rings. The van der Waals surface area contributed by atoms with Crippen molar-refractivity contribution in [3.05, 3.63) is 18.3 Å². The fourth-order valence-electron chi connectivity index (χ4n) is 1.55. The Morgan fingerprint density at radius 3 is 2.62 bits per heavy atom.